The number of nitriles is 1. The molecule has 1 aliphatic heterocycles. The van der Waals surface area contributed by atoms with Gasteiger partial charge in [0.25, 0.3) is 5.91 Å². The first kappa shape index (κ1) is 20.1. The summed E-state index contributed by atoms with van der Waals surface area (Å²) in [5.41, 5.74) is 6.42. The molecule has 3 rings (SSSR count). The van der Waals surface area contributed by atoms with Crippen molar-refractivity contribution >= 4 is 29.5 Å². The summed E-state index contributed by atoms with van der Waals surface area (Å²) in [6.45, 7) is 0.414. The Kier molecular flexibility index (Phi) is 6.19. The molecule has 0 spiro atoms. The van der Waals surface area contributed by atoms with Crippen LogP contribution in [-0.2, 0) is 14.3 Å². The molecule has 2 N–H and O–H groups in total. The van der Waals surface area contributed by atoms with Crippen LogP contribution in [0.3, 0.4) is 0 Å². The molecule has 0 unspecified atom stereocenters. The first-order chi connectivity index (χ1) is 13.4. The van der Waals surface area contributed by atoms with E-state index in [-0.39, 0.29) is 28.9 Å². The summed E-state index contributed by atoms with van der Waals surface area (Å²) in [5.74, 6) is -1.27. The normalized spacial score (nSPS) is 17.1. The highest BCUT2D eigenvalue weighted by atomic mass is 32.2. The third-order valence-electron chi connectivity index (χ3n) is 5.10. The second-order valence-corrected chi connectivity index (χ2v) is 7.79. The molecule has 2 amide bonds. The van der Waals surface area contributed by atoms with Crippen LogP contribution in [0.15, 0.2) is 11.1 Å². The number of rotatable bonds is 6. The Morgan fingerprint density at radius 1 is 1.32 bits per heavy atom. The molecule has 0 bridgehead atoms. The molecule has 148 valence electrons. The minimum absolute atomic E-state index is 0.156. The maximum absolute atomic E-state index is 12.6. The van der Waals surface area contributed by atoms with E-state index in [1.165, 1.54) is 11.8 Å². The number of ether oxygens (including phenoxy) is 1. The molecule has 0 radical (unpaired) electrons. The van der Waals surface area contributed by atoms with Crippen LogP contribution in [0.1, 0.15) is 53.2 Å². The first-order valence-electron chi connectivity index (χ1n) is 9.17. The Balaban J connectivity index is 1.65. The summed E-state index contributed by atoms with van der Waals surface area (Å²) in [4.78, 5) is 42.1. The summed E-state index contributed by atoms with van der Waals surface area (Å²) in [7, 11) is 0. The molecule has 9 heteroatoms. The summed E-state index contributed by atoms with van der Waals surface area (Å²) in [6, 6.07) is 3.64. The molecule has 8 nitrogen and oxygen atoms in total. The van der Waals surface area contributed by atoms with E-state index < -0.39 is 12.6 Å². The Hall–Kier alpha value is -2.60. The number of amides is 2. The van der Waals surface area contributed by atoms with Crippen molar-refractivity contribution in [3.8, 4) is 6.07 Å². The number of primary amides is 1. The molecule has 0 atom stereocenters. The van der Waals surface area contributed by atoms with Gasteiger partial charge in [0.15, 0.2) is 6.61 Å². The van der Waals surface area contributed by atoms with Crippen LogP contribution in [0.4, 0.5) is 0 Å². The van der Waals surface area contributed by atoms with E-state index in [4.69, 9.17) is 10.5 Å². The number of esters is 1. The van der Waals surface area contributed by atoms with Crippen LogP contribution in [0, 0.1) is 17.2 Å². The Labute approximate surface area is 167 Å². The molecule has 2 aliphatic rings. The second-order valence-electron chi connectivity index (χ2n) is 7.00. The fourth-order valence-electron chi connectivity index (χ4n) is 3.26. The van der Waals surface area contributed by atoms with Crippen LogP contribution < -0.4 is 5.73 Å². The smallest absolute Gasteiger partial charge is 0.340 e. The van der Waals surface area contributed by atoms with Crippen molar-refractivity contribution in [3.63, 3.8) is 0 Å². The number of likely N-dealkylation sites (tertiary alicyclic amines) is 1. The molecule has 1 saturated carbocycles. The van der Waals surface area contributed by atoms with Crippen molar-refractivity contribution in [1.29, 1.82) is 5.26 Å². The highest BCUT2D eigenvalue weighted by molar-refractivity contribution is 7.98. The number of nitrogens with zero attached hydrogens (tertiary/aromatic N) is 3. The summed E-state index contributed by atoms with van der Waals surface area (Å²) in [5, 5.41) is 9.95. The number of nitrogens with two attached hydrogens (primary N) is 1. The molecule has 1 aromatic heterocycles. The SMILES string of the molecule is CSc1nc(C2CC2)cc(C(=O)OCC(=O)N2CCC(C(N)=O)CC2)c1C#N. The van der Waals surface area contributed by atoms with Crippen molar-refractivity contribution < 1.29 is 19.1 Å². The zero-order chi connectivity index (χ0) is 20.3. The van der Waals surface area contributed by atoms with Gasteiger partial charge in [-0.25, -0.2) is 9.78 Å². The molecule has 28 heavy (non-hydrogen) atoms. The number of carbonyl (C=O) groups is 3. The van der Waals surface area contributed by atoms with Gasteiger partial charge in [-0.1, -0.05) is 0 Å². The molecule has 2 heterocycles. The average molecular weight is 402 g/mol. The first-order valence-corrected chi connectivity index (χ1v) is 10.4. The zero-order valence-electron chi connectivity index (χ0n) is 15.6. The summed E-state index contributed by atoms with van der Waals surface area (Å²) in [6.07, 6.45) is 4.86. The number of aromatic nitrogens is 1. The van der Waals surface area contributed by atoms with Crippen molar-refractivity contribution in [1.82, 2.24) is 9.88 Å². The van der Waals surface area contributed by atoms with Crippen LogP contribution in [0.5, 0.6) is 0 Å². The van der Waals surface area contributed by atoms with Gasteiger partial charge in [0.1, 0.15) is 11.1 Å². The van der Waals surface area contributed by atoms with E-state index in [2.05, 4.69) is 4.98 Å². The highest BCUT2D eigenvalue weighted by Gasteiger charge is 2.30. The van der Waals surface area contributed by atoms with E-state index in [1.807, 2.05) is 6.07 Å². The monoisotopic (exact) mass is 402 g/mol. The summed E-state index contributed by atoms with van der Waals surface area (Å²) < 4.78 is 5.20. The van der Waals surface area contributed by atoms with Gasteiger partial charge in [-0.05, 0) is 38.0 Å². The Morgan fingerprint density at radius 3 is 2.54 bits per heavy atom. The number of hydrogen-bond donors (Lipinski definition) is 1. The largest absolute Gasteiger partial charge is 0.452 e. The number of thioether (sulfide) groups is 1. The number of piperidine rings is 1. The second kappa shape index (κ2) is 8.61. The Morgan fingerprint density at radius 2 is 2.00 bits per heavy atom. The van der Waals surface area contributed by atoms with Crippen LogP contribution >= 0.6 is 11.8 Å². The van der Waals surface area contributed by atoms with Gasteiger partial charge in [-0.3, -0.25) is 9.59 Å². The lowest BCUT2D eigenvalue weighted by Crippen LogP contribution is -2.43. The minimum Gasteiger partial charge on any atom is -0.452 e. The topological polar surface area (TPSA) is 126 Å². The molecular formula is C19H22N4O4S. The lowest BCUT2D eigenvalue weighted by molar-refractivity contribution is -0.137. The average Bonchev–Trinajstić information content (AvgIpc) is 3.56. The fourth-order valence-corrected chi connectivity index (χ4v) is 3.81. The zero-order valence-corrected chi connectivity index (χ0v) is 16.5. The van der Waals surface area contributed by atoms with Crippen LogP contribution in [0.25, 0.3) is 0 Å². The lowest BCUT2D eigenvalue weighted by Gasteiger charge is -2.30. The van der Waals surface area contributed by atoms with Gasteiger partial charge in [0.2, 0.25) is 5.91 Å². The fraction of sp³-hybridized carbons (Fsp3) is 0.526. The van der Waals surface area contributed by atoms with Gasteiger partial charge in [-0.15, -0.1) is 11.8 Å². The predicted molar refractivity (Wildman–Crippen MR) is 101 cm³/mol. The third-order valence-corrected chi connectivity index (χ3v) is 5.79. The van der Waals surface area contributed by atoms with Crippen molar-refractivity contribution in [2.75, 3.05) is 26.0 Å². The maximum Gasteiger partial charge on any atom is 0.340 e. The van der Waals surface area contributed by atoms with Crippen molar-refractivity contribution in [2.24, 2.45) is 11.7 Å². The van der Waals surface area contributed by atoms with E-state index in [1.54, 1.807) is 17.2 Å². The number of pyridine rings is 1. The third kappa shape index (κ3) is 4.44. The molecule has 1 saturated heterocycles. The highest BCUT2D eigenvalue weighted by Crippen LogP contribution is 2.40. The van der Waals surface area contributed by atoms with Gasteiger partial charge < -0.3 is 15.4 Å². The predicted octanol–water partition coefficient (Wildman–Crippen LogP) is 1.43. The van der Waals surface area contributed by atoms with E-state index >= 15 is 0 Å². The maximum atomic E-state index is 12.6. The van der Waals surface area contributed by atoms with E-state index in [0.29, 0.717) is 36.9 Å². The molecule has 1 aliphatic carbocycles. The molecular weight excluding hydrogens is 380 g/mol. The Bertz CT molecular complexity index is 839. The quantitative estimate of drug-likeness (QED) is 0.563. The molecule has 0 aromatic carbocycles. The van der Waals surface area contributed by atoms with Crippen LogP contribution in [0.2, 0.25) is 0 Å². The van der Waals surface area contributed by atoms with Crippen molar-refractivity contribution in [2.45, 2.75) is 36.6 Å². The van der Waals surface area contributed by atoms with Gasteiger partial charge in [-0.2, -0.15) is 5.26 Å². The van der Waals surface area contributed by atoms with E-state index in [9.17, 15) is 19.6 Å². The molecule has 1 aromatic rings. The van der Waals surface area contributed by atoms with Gasteiger partial charge >= 0.3 is 5.97 Å². The lowest BCUT2D eigenvalue weighted by atomic mass is 9.96. The standard InChI is InChI=1S/C19H22N4O4S/c1-28-18-14(9-20)13(8-15(22-18)11-2-3-11)19(26)27-10-16(24)23-6-4-12(5-7-23)17(21)25/h8,11-12H,2-7,10H2,1H3,(H2,21,25). The van der Waals surface area contributed by atoms with Crippen LogP contribution in [-0.4, -0.2) is 53.6 Å². The molecule has 2 fully saturated rings. The number of hydrogen-bond acceptors (Lipinski definition) is 7. The number of carbonyl (C=O) groups excluding carboxylic acids is 3. The van der Waals surface area contributed by atoms with Gasteiger partial charge in [0, 0.05) is 30.6 Å². The van der Waals surface area contributed by atoms with Crippen molar-refractivity contribution in [3.05, 3.63) is 22.9 Å². The minimum atomic E-state index is -0.698. The van der Waals surface area contributed by atoms with Gasteiger partial charge in [0.05, 0.1) is 11.1 Å². The van der Waals surface area contributed by atoms with E-state index in [0.717, 1.165) is 18.5 Å². The summed E-state index contributed by atoms with van der Waals surface area (Å²) >= 11 is 1.31.